The van der Waals surface area contributed by atoms with Crippen LogP contribution in [0.2, 0.25) is 0 Å². The van der Waals surface area contributed by atoms with Crippen molar-refractivity contribution in [2.75, 3.05) is 20.0 Å². The molecule has 2 heterocycles. The van der Waals surface area contributed by atoms with Crippen molar-refractivity contribution < 1.29 is 23.7 Å². The Morgan fingerprint density at radius 2 is 1.23 bits per heavy atom. The predicted octanol–water partition coefficient (Wildman–Crippen LogP) is 4.06. The summed E-state index contributed by atoms with van der Waals surface area (Å²) in [6, 6.07) is 20.1. The molecule has 154 valence electrons. The number of fused-ring (bicyclic) bond motifs is 2. The van der Waals surface area contributed by atoms with E-state index >= 15 is 0 Å². The van der Waals surface area contributed by atoms with E-state index in [0.29, 0.717) is 26.6 Å². The molecule has 0 amide bonds. The van der Waals surface area contributed by atoms with Crippen LogP contribution in [-0.2, 0) is 19.7 Å². The summed E-state index contributed by atoms with van der Waals surface area (Å²) in [6.45, 7) is 3.51. The zero-order valence-corrected chi connectivity index (χ0v) is 16.6. The van der Waals surface area contributed by atoms with Crippen LogP contribution < -0.4 is 29.0 Å². The van der Waals surface area contributed by atoms with Crippen LogP contribution in [0.25, 0.3) is 0 Å². The number of rotatable bonds is 7. The van der Waals surface area contributed by atoms with E-state index in [0.717, 1.165) is 47.4 Å². The largest absolute Gasteiger partial charge is 0.489 e. The Labute approximate surface area is 175 Å². The highest BCUT2D eigenvalue weighted by Gasteiger charge is 2.13. The third kappa shape index (κ3) is 4.28. The molecule has 30 heavy (non-hydrogen) atoms. The molecule has 0 saturated heterocycles. The number of hydrogen-bond acceptors (Lipinski definition) is 6. The van der Waals surface area contributed by atoms with Crippen molar-refractivity contribution in [2.45, 2.75) is 19.7 Å². The van der Waals surface area contributed by atoms with E-state index in [-0.39, 0.29) is 0 Å². The normalized spacial score (nSPS) is 13.9. The van der Waals surface area contributed by atoms with Crippen molar-refractivity contribution in [2.24, 2.45) is 0 Å². The maximum atomic E-state index is 5.91. The predicted molar refractivity (Wildman–Crippen MR) is 111 cm³/mol. The van der Waals surface area contributed by atoms with Crippen LogP contribution in [0.1, 0.15) is 16.7 Å². The third-order valence-corrected chi connectivity index (χ3v) is 5.03. The van der Waals surface area contributed by atoms with E-state index in [1.807, 2.05) is 42.5 Å². The third-order valence-electron chi connectivity index (χ3n) is 5.03. The fraction of sp³-hybridized carbons (Fsp3) is 0.250. The minimum Gasteiger partial charge on any atom is -0.489 e. The highest BCUT2D eigenvalue weighted by Crippen LogP contribution is 2.33. The lowest BCUT2D eigenvalue weighted by Gasteiger charge is -2.19. The first kappa shape index (κ1) is 18.6. The van der Waals surface area contributed by atoms with Crippen molar-refractivity contribution in [1.82, 2.24) is 5.32 Å². The van der Waals surface area contributed by atoms with Crippen molar-refractivity contribution in [3.63, 3.8) is 0 Å². The summed E-state index contributed by atoms with van der Waals surface area (Å²) < 4.78 is 27.9. The van der Waals surface area contributed by atoms with Gasteiger partial charge in [-0.15, -0.1) is 0 Å². The van der Waals surface area contributed by atoms with Gasteiger partial charge < -0.3 is 29.0 Å². The summed E-state index contributed by atoms with van der Waals surface area (Å²) in [5.74, 6) is 4.04. The number of benzene rings is 3. The highest BCUT2D eigenvalue weighted by molar-refractivity contribution is 5.45. The second-order valence-corrected chi connectivity index (χ2v) is 7.20. The zero-order chi connectivity index (χ0) is 20.2. The summed E-state index contributed by atoms with van der Waals surface area (Å²) in [5.41, 5.74) is 3.41. The Hall–Kier alpha value is -3.38. The number of ether oxygens (including phenoxy) is 5. The topological polar surface area (TPSA) is 58.2 Å². The maximum absolute atomic E-state index is 5.91. The van der Waals surface area contributed by atoms with Crippen molar-refractivity contribution in [3.8, 4) is 28.7 Å². The summed E-state index contributed by atoms with van der Waals surface area (Å²) in [7, 11) is 0. The van der Waals surface area contributed by atoms with Gasteiger partial charge in [0.1, 0.15) is 25.6 Å². The monoisotopic (exact) mass is 405 g/mol. The first-order chi connectivity index (χ1) is 14.8. The molecular weight excluding hydrogens is 382 g/mol. The molecule has 2 aliphatic rings. The van der Waals surface area contributed by atoms with Gasteiger partial charge in [-0.1, -0.05) is 24.3 Å². The molecule has 0 atom stereocenters. The molecule has 2 aliphatic heterocycles. The minimum absolute atomic E-state index is 0.301. The summed E-state index contributed by atoms with van der Waals surface area (Å²) in [6.07, 6.45) is 0. The fourth-order valence-electron chi connectivity index (χ4n) is 3.45. The fourth-order valence-corrected chi connectivity index (χ4v) is 3.45. The van der Waals surface area contributed by atoms with Crippen LogP contribution in [0.3, 0.4) is 0 Å². The van der Waals surface area contributed by atoms with Crippen LogP contribution in [0.4, 0.5) is 0 Å². The van der Waals surface area contributed by atoms with Gasteiger partial charge in [0.05, 0.1) is 0 Å². The van der Waals surface area contributed by atoms with Crippen molar-refractivity contribution >= 4 is 0 Å². The van der Waals surface area contributed by atoms with Gasteiger partial charge in [-0.2, -0.15) is 0 Å². The van der Waals surface area contributed by atoms with E-state index in [9.17, 15) is 0 Å². The van der Waals surface area contributed by atoms with Crippen LogP contribution in [0.15, 0.2) is 60.7 Å². The SMILES string of the molecule is c1cc(OCc2ccc3c(c2)OCCO3)ccc1CNCc1ccc2c(c1)OCO2. The average Bonchev–Trinajstić information content (AvgIpc) is 3.26. The van der Waals surface area contributed by atoms with Gasteiger partial charge in [-0.25, -0.2) is 0 Å². The van der Waals surface area contributed by atoms with E-state index in [4.69, 9.17) is 23.7 Å². The van der Waals surface area contributed by atoms with Gasteiger partial charge >= 0.3 is 0 Å². The Kier molecular flexibility index (Phi) is 5.31. The summed E-state index contributed by atoms with van der Waals surface area (Å²) in [5, 5.41) is 3.45. The molecule has 6 heteroatoms. The summed E-state index contributed by atoms with van der Waals surface area (Å²) in [4.78, 5) is 0. The first-order valence-corrected chi connectivity index (χ1v) is 10.0. The van der Waals surface area contributed by atoms with E-state index in [1.165, 1.54) is 11.1 Å². The van der Waals surface area contributed by atoms with Gasteiger partial charge in [0.15, 0.2) is 23.0 Å². The molecule has 0 fully saturated rings. The quantitative estimate of drug-likeness (QED) is 0.640. The maximum Gasteiger partial charge on any atom is 0.231 e. The van der Waals surface area contributed by atoms with Crippen molar-refractivity contribution in [1.29, 1.82) is 0 Å². The van der Waals surface area contributed by atoms with Crippen LogP contribution >= 0.6 is 0 Å². The second kappa shape index (κ2) is 8.55. The molecule has 0 aromatic heterocycles. The lowest BCUT2D eigenvalue weighted by atomic mass is 10.2. The molecule has 6 nitrogen and oxygen atoms in total. The van der Waals surface area contributed by atoms with Gasteiger partial charge in [-0.3, -0.25) is 0 Å². The van der Waals surface area contributed by atoms with Gasteiger partial charge in [0, 0.05) is 13.1 Å². The molecule has 3 aromatic rings. The molecule has 0 unspecified atom stereocenters. The van der Waals surface area contributed by atoms with Crippen LogP contribution in [0.5, 0.6) is 28.7 Å². The van der Waals surface area contributed by atoms with Crippen LogP contribution in [0, 0.1) is 0 Å². The number of nitrogens with one attached hydrogen (secondary N) is 1. The molecule has 0 saturated carbocycles. The molecule has 5 rings (SSSR count). The smallest absolute Gasteiger partial charge is 0.231 e. The van der Waals surface area contributed by atoms with E-state index in [1.54, 1.807) is 0 Å². The second-order valence-electron chi connectivity index (χ2n) is 7.20. The Morgan fingerprint density at radius 1 is 0.633 bits per heavy atom. The molecule has 0 radical (unpaired) electrons. The molecule has 3 aromatic carbocycles. The Bertz CT molecular complexity index is 1020. The minimum atomic E-state index is 0.301. The number of hydrogen-bond donors (Lipinski definition) is 1. The lowest BCUT2D eigenvalue weighted by Crippen LogP contribution is -2.15. The first-order valence-electron chi connectivity index (χ1n) is 10.0. The van der Waals surface area contributed by atoms with Gasteiger partial charge in [-0.05, 0) is 53.1 Å². The molecule has 0 spiro atoms. The van der Waals surface area contributed by atoms with Crippen LogP contribution in [-0.4, -0.2) is 20.0 Å². The molecule has 1 N–H and O–H groups in total. The molecule has 0 bridgehead atoms. The Balaban J connectivity index is 1.10. The van der Waals surface area contributed by atoms with Gasteiger partial charge in [0.2, 0.25) is 6.79 Å². The molecule has 0 aliphatic carbocycles. The molecular formula is C24H23NO5. The standard InChI is InChI=1S/C24H23NO5/c1-5-20(28-15-19-4-8-21-23(12-19)27-10-9-26-21)6-2-17(1)13-25-14-18-3-7-22-24(11-18)30-16-29-22/h1-8,11-12,25H,9-10,13-16H2. The average molecular weight is 405 g/mol. The van der Waals surface area contributed by atoms with E-state index in [2.05, 4.69) is 23.5 Å². The zero-order valence-electron chi connectivity index (χ0n) is 16.6. The van der Waals surface area contributed by atoms with Crippen molar-refractivity contribution in [3.05, 3.63) is 77.4 Å². The highest BCUT2D eigenvalue weighted by atomic mass is 16.7. The lowest BCUT2D eigenvalue weighted by molar-refractivity contribution is 0.171. The Morgan fingerprint density at radius 3 is 2.10 bits per heavy atom. The van der Waals surface area contributed by atoms with E-state index < -0.39 is 0 Å². The summed E-state index contributed by atoms with van der Waals surface area (Å²) >= 11 is 0. The van der Waals surface area contributed by atoms with Gasteiger partial charge in [0.25, 0.3) is 0 Å².